The Labute approximate surface area is 250 Å². The number of carbonyl (C=O) groups is 2. The fourth-order valence-corrected chi connectivity index (χ4v) is 7.12. The van der Waals surface area contributed by atoms with E-state index in [1.54, 1.807) is 18.2 Å². The van der Waals surface area contributed by atoms with E-state index in [2.05, 4.69) is 6.08 Å². The molecule has 2 fully saturated rings. The molecule has 5 N–H and O–H groups in total. The monoisotopic (exact) mass is 581 g/mol. The highest BCUT2D eigenvalue weighted by Crippen LogP contribution is 2.51. The molecule has 220 valence electrons. The molecule has 6 rings (SSSR count). The van der Waals surface area contributed by atoms with Gasteiger partial charge in [-0.3, -0.25) is 14.5 Å². The highest BCUT2D eigenvalue weighted by atomic mass is 16.5. The summed E-state index contributed by atoms with van der Waals surface area (Å²) in [5.74, 6) is -2.47. The maximum absolute atomic E-state index is 13.8. The van der Waals surface area contributed by atoms with Crippen LogP contribution in [0.3, 0.4) is 0 Å². The van der Waals surface area contributed by atoms with Crippen molar-refractivity contribution in [3.63, 3.8) is 0 Å². The highest BCUT2D eigenvalue weighted by Gasteiger charge is 2.57. The zero-order chi connectivity index (χ0) is 30.4. The number of amides is 2. The van der Waals surface area contributed by atoms with Gasteiger partial charge in [0.05, 0.1) is 30.2 Å². The maximum Gasteiger partial charge on any atom is 0.488 e. The molecule has 2 heterocycles. The normalized spacial score (nSPS) is 24.1. The van der Waals surface area contributed by atoms with E-state index in [0.29, 0.717) is 18.4 Å². The number of hydrogen-bond donors (Lipinski definition) is 5. The van der Waals surface area contributed by atoms with Crippen LogP contribution < -0.4 is 10.4 Å². The average Bonchev–Trinajstić information content (AvgIpc) is 3.26. The number of anilines is 1. The molecular formula is C32H33B2NO8. The molecule has 2 aliphatic heterocycles. The minimum atomic E-state index is -1.75. The second kappa shape index (κ2) is 11.7. The number of benzene rings is 3. The third-order valence-electron chi connectivity index (χ3n) is 9.06. The van der Waals surface area contributed by atoms with Crippen LogP contribution in [0.5, 0.6) is 5.75 Å². The van der Waals surface area contributed by atoms with E-state index in [1.807, 2.05) is 37.3 Å². The van der Waals surface area contributed by atoms with E-state index in [0.717, 1.165) is 32.4 Å². The summed E-state index contributed by atoms with van der Waals surface area (Å²) in [6.45, 7) is 1.72. The minimum Gasteiger partial charge on any atom is -0.507 e. The largest absolute Gasteiger partial charge is 0.507 e. The van der Waals surface area contributed by atoms with Gasteiger partial charge in [0.2, 0.25) is 11.8 Å². The van der Waals surface area contributed by atoms with Crippen LogP contribution in [0.4, 0.5) is 5.69 Å². The van der Waals surface area contributed by atoms with E-state index < -0.39 is 49.9 Å². The molecule has 0 spiro atoms. The summed E-state index contributed by atoms with van der Waals surface area (Å²) in [6, 6.07) is 17.2. The van der Waals surface area contributed by atoms with Gasteiger partial charge in [0.1, 0.15) is 5.75 Å². The minimum absolute atomic E-state index is 0.132. The summed E-state index contributed by atoms with van der Waals surface area (Å²) in [7, 11) is -2.88. The van der Waals surface area contributed by atoms with Crippen molar-refractivity contribution in [2.24, 2.45) is 17.8 Å². The quantitative estimate of drug-likeness (QED) is 0.163. The van der Waals surface area contributed by atoms with E-state index in [4.69, 9.17) is 4.65 Å². The van der Waals surface area contributed by atoms with Crippen molar-refractivity contribution in [3.8, 4) is 5.75 Å². The SMILES string of the molecule is C/C(=C\c1ccc(O)c2ccccc12)CC[C@H]1OB(O)C[C@H]2C1=C(CO)C[C@H]1C(=O)N(c3cccc(B(O)O)c3)C(=O)[C@H]12. The first-order valence-electron chi connectivity index (χ1n) is 14.6. The first-order chi connectivity index (χ1) is 20.7. The molecule has 2 saturated heterocycles. The van der Waals surface area contributed by atoms with Crippen LogP contribution in [0.2, 0.25) is 6.32 Å². The molecule has 3 aromatic rings. The Hall–Kier alpha value is -3.73. The predicted molar refractivity (Wildman–Crippen MR) is 164 cm³/mol. The number of allylic oxidation sites excluding steroid dienone is 1. The topological polar surface area (TPSA) is 148 Å². The number of rotatable bonds is 7. The van der Waals surface area contributed by atoms with Crippen LogP contribution in [0.15, 0.2) is 77.4 Å². The molecule has 4 atom stereocenters. The van der Waals surface area contributed by atoms with Gasteiger partial charge in [-0.2, -0.15) is 0 Å². The number of aliphatic hydroxyl groups is 1. The fraction of sp³-hybridized carbons (Fsp3) is 0.312. The van der Waals surface area contributed by atoms with Crippen LogP contribution in [-0.4, -0.2) is 64.0 Å². The molecule has 0 unspecified atom stereocenters. The predicted octanol–water partition coefficient (Wildman–Crippen LogP) is 2.40. The zero-order valence-electron chi connectivity index (χ0n) is 23.8. The summed E-state index contributed by atoms with van der Waals surface area (Å²) in [5.41, 5.74) is 3.90. The summed E-state index contributed by atoms with van der Waals surface area (Å²) in [6.07, 6.45) is 2.98. The molecule has 0 saturated carbocycles. The van der Waals surface area contributed by atoms with Crippen LogP contribution >= 0.6 is 0 Å². The highest BCUT2D eigenvalue weighted by molar-refractivity contribution is 6.58. The summed E-state index contributed by atoms with van der Waals surface area (Å²) in [4.78, 5) is 28.5. The van der Waals surface area contributed by atoms with E-state index >= 15 is 0 Å². The van der Waals surface area contributed by atoms with Crippen LogP contribution in [0.25, 0.3) is 16.8 Å². The molecule has 0 aromatic heterocycles. The fourth-order valence-electron chi connectivity index (χ4n) is 7.12. The molecule has 43 heavy (non-hydrogen) atoms. The van der Waals surface area contributed by atoms with Crippen LogP contribution in [-0.2, 0) is 14.2 Å². The van der Waals surface area contributed by atoms with Crippen molar-refractivity contribution >= 4 is 54.0 Å². The zero-order valence-corrected chi connectivity index (χ0v) is 23.8. The van der Waals surface area contributed by atoms with E-state index in [-0.39, 0.29) is 36.2 Å². The molecule has 0 bridgehead atoms. The lowest BCUT2D eigenvalue weighted by Crippen LogP contribution is -2.46. The molecule has 9 nitrogen and oxygen atoms in total. The Bertz CT molecular complexity index is 1650. The van der Waals surface area contributed by atoms with Crippen molar-refractivity contribution in [1.82, 2.24) is 0 Å². The Morgan fingerprint density at radius 3 is 2.56 bits per heavy atom. The van der Waals surface area contributed by atoms with Crippen molar-refractivity contribution in [1.29, 1.82) is 0 Å². The molecule has 2 amide bonds. The number of phenolic OH excluding ortho intramolecular Hbond substituents is 1. The second-order valence-electron chi connectivity index (χ2n) is 11.7. The summed E-state index contributed by atoms with van der Waals surface area (Å²) >= 11 is 0. The van der Waals surface area contributed by atoms with Gasteiger partial charge in [0.25, 0.3) is 0 Å². The summed E-state index contributed by atoms with van der Waals surface area (Å²) in [5, 5.41) is 52.3. The van der Waals surface area contributed by atoms with Gasteiger partial charge in [-0.1, -0.05) is 54.1 Å². The van der Waals surface area contributed by atoms with Gasteiger partial charge < -0.3 is 29.9 Å². The average molecular weight is 581 g/mol. The molecule has 1 aliphatic carbocycles. The van der Waals surface area contributed by atoms with Gasteiger partial charge >= 0.3 is 14.2 Å². The number of aromatic hydroxyl groups is 1. The second-order valence-corrected chi connectivity index (χ2v) is 11.7. The number of nitrogens with zero attached hydrogens (tertiary/aromatic N) is 1. The Morgan fingerprint density at radius 1 is 1.05 bits per heavy atom. The van der Waals surface area contributed by atoms with Gasteiger partial charge in [-0.05, 0) is 84.2 Å². The smallest absolute Gasteiger partial charge is 0.488 e. The lowest BCUT2D eigenvalue weighted by molar-refractivity contribution is -0.122. The van der Waals surface area contributed by atoms with Gasteiger partial charge in [0.15, 0.2) is 0 Å². The number of carbonyl (C=O) groups excluding carboxylic acids is 2. The standard InChI is InChI=1S/C32H33B2NO8/c1-18(13-19-10-11-27(37)24-8-3-2-7-23(19)24)9-12-28-29-20(17-36)14-25-30(26(29)16-33(40)43-28)32(39)35(31(25)38)22-6-4-5-21(15-22)34(41)42/h2-8,10-11,13,15,25-26,28,30,36-37,40-42H,9,12,14,16-17H2,1H3/b18-13+/t25-,26+,28-,30-/m1/s1. The lowest BCUT2D eigenvalue weighted by atomic mass is 9.58. The number of phenols is 1. The van der Waals surface area contributed by atoms with Gasteiger partial charge in [-0.25, -0.2) is 0 Å². The van der Waals surface area contributed by atoms with E-state index in [9.17, 15) is 34.9 Å². The van der Waals surface area contributed by atoms with Crippen LogP contribution in [0, 0.1) is 17.8 Å². The Kier molecular flexibility index (Phi) is 8.02. The molecule has 3 aliphatic rings. The summed E-state index contributed by atoms with van der Waals surface area (Å²) < 4.78 is 6.00. The number of aliphatic hydroxyl groups excluding tert-OH is 1. The number of hydrogen-bond acceptors (Lipinski definition) is 8. The number of fused-ring (bicyclic) bond motifs is 4. The third kappa shape index (κ3) is 5.32. The molecular weight excluding hydrogens is 548 g/mol. The molecule has 11 heteroatoms. The molecule has 3 aromatic carbocycles. The maximum atomic E-state index is 13.8. The Balaban J connectivity index is 1.27. The van der Waals surface area contributed by atoms with Gasteiger partial charge in [0, 0.05) is 5.39 Å². The van der Waals surface area contributed by atoms with Crippen molar-refractivity contribution in [2.75, 3.05) is 11.5 Å². The third-order valence-corrected chi connectivity index (χ3v) is 9.06. The van der Waals surface area contributed by atoms with Gasteiger partial charge in [-0.15, -0.1) is 0 Å². The lowest BCUT2D eigenvalue weighted by Gasteiger charge is -2.42. The van der Waals surface area contributed by atoms with E-state index in [1.165, 1.54) is 12.1 Å². The van der Waals surface area contributed by atoms with Crippen molar-refractivity contribution in [3.05, 3.63) is 82.9 Å². The first kappa shape index (κ1) is 29.3. The number of imide groups is 1. The first-order valence-corrected chi connectivity index (χ1v) is 14.6. The van der Waals surface area contributed by atoms with Crippen molar-refractivity contribution in [2.45, 2.75) is 38.6 Å². The van der Waals surface area contributed by atoms with Crippen LogP contribution in [0.1, 0.15) is 31.7 Å². The molecule has 0 radical (unpaired) electrons. The van der Waals surface area contributed by atoms with Crippen molar-refractivity contribution < 1.29 is 39.5 Å². The Morgan fingerprint density at radius 2 is 1.81 bits per heavy atom.